The average Bonchev–Trinajstić information content (AvgIpc) is 2.36. The Kier molecular flexibility index (Phi) is 2.49. The first-order valence-electron chi connectivity index (χ1n) is 4.55. The van der Waals surface area contributed by atoms with Gasteiger partial charge in [-0.05, 0) is 13.3 Å². The van der Waals surface area contributed by atoms with Gasteiger partial charge in [0.1, 0.15) is 5.82 Å². The molecule has 2 rings (SSSR count). The fourth-order valence-corrected chi connectivity index (χ4v) is 2.76. The first-order valence-corrected chi connectivity index (χ1v) is 5.80. The number of aryl methyl sites for hydroxylation is 2. The van der Waals surface area contributed by atoms with Gasteiger partial charge in [0.2, 0.25) is 0 Å². The Morgan fingerprint density at radius 3 is 3.15 bits per heavy atom. The second-order valence-corrected chi connectivity index (χ2v) is 5.38. The lowest BCUT2D eigenvalue weighted by molar-refractivity contribution is 0.670. The van der Waals surface area contributed by atoms with E-state index in [0.717, 1.165) is 22.7 Å². The van der Waals surface area contributed by atoms with Crippen molar-refractivity contribution >= 4 is 28.4 Å². The zero-order valence-electron chi connectivity index (χ0n) is 8.00. The molecule has 0 N–H and O–H groups in total. The minimum Gasteiger partial charge on any atom is -0.358 e. The van der Waals surface area contributed by atoms with Crippen LogP contribution in [-0.2, 0) is 6.54 Å². The van der Waals surface area contributed by atoms with E-state index in [4.69, 9.17) is 0 Å². The Balaban J connectivity index is 2.37. The number of nitrogens with zero attached hydrogens (tertiary/aromatic N) is 3. The lowest BCUT2D eigenvalue weighted by atomic mass is 10.3. The molecule has 0 saturated heterocycles. The highest BCUT2D eigenvalue weighted by Crippen LogP contribution is 2.24. The standard InChI is InChI=1S/C9H14IN3/c1-7-9-12(2)5-8(10)3-4-13(9)6-11-7/h6,8H,3-5H2,1-2H3. The second-order valence-electron chi connectivity index (χ2n) is 3.61. The molecule has 4 heteroatoms. The number of aromatic nitrogens is 2. The Morgan fingerprint density at radius 2 is 2.38 bits per heavy atom. The Hall–Kier alpha value is -0.260. The number of rotatable bonds is 0. The molecular weight excluding hydrogens is 277 g/mol. The molecule has 1 atom stereocenters. The van der Waals surface area contributed by atoms with Gasteiger partial charge in [0.15, 0.2) is 0 Å². The summed E-state index contributed by atoms with van der Waals surface area (Å²) in [5.41, 5.74) is 1.15. The van der Waals surface area contributed by atoms with Gasteiger partial charge in [-0.25, -0.2) is 4.98 Å². The SMILES string of the molecule is Cc1ncn2c1N(C)CC(I)CC2. The van der Waals surface area contributed by atoms with Crippen LogP contribution in [-0.4, -0.2) is 27.1 Å². The number of fused-ring (bicyclic) bond motifs is 1. The molecule has 0 bridgehead atoms. The van der Waals surface area contributed by atoms with Crippen LogP contribution in [0.5, 0.6) is 0 Å². The minimum absolute atomic E-state index is 0.752. The van der Waals surface area contributed by atoms with Crippen LogP contribution in [0.2, 0.25) is 0 Å². The fourth-order valence-electron chi connectivity index (χ4n) is 1.89. The van der Waals surface area contributed by atoms with E-state index in [-0.39, 0.29) is 0 Å². The van der Waals surface area contributed by atoms with Gasteiger partial charge in [0.25, 0.3) is 0 Å². The van der Waals surface area contributed by atoms with Crippen molar-refractivity contribution in [2.75, 3.05) is 18.5 Å². The van der Waals surface area contributed by atoms with Crippen LogP contribution < -0.4 is 4.90 Å². The van der Waals surface area contributed by atoms with E-state index in [9.17, 15) is 0 Å². The molecule has 1 unspecified atom stereocenters. The molecule has 1 aromatic heterocycles. The molecule has 13 heavy (non-hydrogen) atoms. The summed E-state index contributed by atoms with van der Waals surface area (Å²) >= 11 is 2.53. The summed E-state index contributed by atoms with van der Waals surface area (Å²) in [7, 11) is 2.15. The van der Waals surface area contributed by atoms with Crippen LogP contribution in [0.4, 0.5) is 5.82 Å². The van der Waals surface area contributed by atoms with E-state index in [1.807, 2.05) is 6.33 Å². The van der Waals surface area contributed by atoms with E-state index < -0.39 is 0 Å². The van der Waals surface area contributed by atoms with Crippen molar-refractivity contribution in [3.63, 3.8) is 0 Å². The molecular formula is C9H14IN3. The highest BCUT2D eigenvalue weighted by atomic mass is 127. The number of alkyl halides is 1. The van der Waals surface area contributed by atoms with Crippen molar-refractivity contribution in [2.45, 2.75) is 23.8 Å². The first-order chi connectivity index (χ1) is 6.18. The summed E-state index contributed by atoms with van der Waals surface area (Å²) < 4.78 is 3.01. The normalized spacial score (nSPS) is 22.7. The summed E-state index contributed by atoms with van der Waals surface area (Å²) in [6, 6.07) is 0. The van der Waals surface area contributed by atoms with E-state index in [1.54, 1.807) is 0 Å². The van der Waals surface area contributed by atoms with Crippen LogP contribution in [0.15, 0.2) is 6.33 Å². The average molecular weight is 291 g/mol. The van der Waals surface area contributed by atoms with Gasteiger partial charge in [-0.3, -0.25) is 0 Å². The maximum atomic E-state index is 4.33. The molecule has 0 radical (unpaired) electrons. The van der Waals surface area contributed by atoms with E-state index in [2.05, 4.69) is 51.0 Å². The van der Waals surface area contributed by atoms with E-state index in [1.165, 1.54) is 12.2 Å². The topological polar surface area (TPSA) is 21.1 Å². The Labute approximate surface area is 92.3 Å². The van der Waals surface area contributed by atoms with Gasteiger partial charge >= 0.3 is 0 Å². The molecule has 2 heterocycles. The van der Waals surface area contributed by atoms with Crippen LogP contribution >= 0.6 is 22.6 Å². The number of hydrogen-bond acceptors (Lipinski definition) is 2. The lowest BCUT2D eigenvalue weighted by Gasteiger charge is -2.19. The Bertz CT molecular complexity index is 308. The monoisotopic (exact) mass is 291 g/mol. The molecule has 1 aromatic rings. The smallest absolute Gasteiger partial charge is 0.131 e. The Morgan fingerprint density at radius 1 is 1.62 bits per heavy atom. The molecule has 0 spiro atoms. The van der Waals surface area contributed by atoms with Gasteiger partial charge in [-0.2, -0.15) is 0 Å². The molecule has 0 saturated carbocycles. The van der Waals surface area contributed by atoms with Crippen molar-refractivity contribution in [3.8, 4) is 0 Å². The number of anilines is 1. The van der Waals surface area contributed by atoms with Crippen molar-refractivity contribution in [2.24, 2.45) is 0 Å². The third-order valence-corrected chi connectivity index (χ3v) is 3.52. The van der Waals surface area contributed by atoms with Crippen molar-refractivity contribution in [1.82, 2.24) is 9.55 Å². The third kappa shape index (κ3) is 1.68. The van der Waals surface area contributed by atoms with E-state index >= 15 is 0 Å². The van der Waals surface area contributed by atoms with Crippen LogP contribution in [0.3, 0.4) is 0 Å². The maximum Gasteiger partial charge on any atom is 0.131 e. The molecule has 0 amide bonds. The maximum absolute atomic E-state index is 4.33. The van der Waals surface area contributed by atoms with Crippen LogP contribution in [0.25, 0.3) is 0 Å². The molecule has 0 aliphatic carbocycles. The second kappa shape index (κ2) is 3.48. The molecule has 0 aromatic carbocycles. The predicted octanol–water partition coefficient (Wildman–Crippen LogP) is 1.84. The first kappa shape index (κ1) is 9.30. The number of hydrogen-bond donors (Lipinski definition) is 0. The number of imidazole rings is 1. The highest BCUT2D eigenvalue weighted by Gasteiger charge is 2.19. The minimum atomic E-state index is 0.752. The van der Waals surface area contributed by atoms with Gasteiger partial charge in [0, 0.05) is 24.1 Å². The summed E-state index contributed by atoms with van der Waals surface area (Å²) in [4.78, 5) is 6.65. The van der Waals surface area contributed by atoms with E-state index in [0.29, 0.717) is 0 Å². The molecule has 1 aliphatic rings. The van der Waals surface area contributed by atoms with Gasteiger partial charge in [-0.15, -0.1) is 0 Å². The zero-order valence-corrected chi connectivity index (χ0v) is 10.2. The van der Waals surface area contributed by atoms with Crippen LogP contribution in [0.1, 0.15) is 12.1 Å². The highest BCUT2D eigenvalue weighted by molar-refractivity contribution is 14.1. The number of halogens is 1. The lowest BCUT2D eigenvalue weighted by Crippen LogP contribution is -2.24. The summed E-state index contributed by atoms with van der Waals surface area (Å²) in [6.07, 6.45) is 3.20. The van der Waals surface area contributed by atoms with Gasteiger partial charge < -0.3 is 9.47 Å². The van der Waals surface area contributed by atoms with Crippen molar-refractivity contribution in [1.29, 1.82) is 0 Å². The van der Waals surface area contributed by atoms with Crippen molar-refractivity contribution in [3.05, 3.63) is 12.0 Å². The van der Waals surface area contributed by atoms with Gasteiger partial charge in [0.05, 0.1) is 12.0 Å². The van der Waals surface area contributed by atoms with Gasteiger partial charge in [-0.1, -0.05) is 22.6 Å². The molecule has 72 valence electrons. The fraction of sp³-hybridized carbons (Fsp3) is 0.667. The zero-order chi connectivity index (χ0) is 9.42. The quantitative estimate of drug-likeness (QED) is 0.537. The largest absolute Gasteiger partial charge is 0.358 e. The van der Waals surface area contributed by atoms with Crippen molar-refractivity contribution < 1.29 is 0 Å². The predicted molar refractivity (Wildman–Crippen MR) is 62.7 cm³/mol. The van der Waals surface area contributed by atoms with Crippen LogP contribution in [0, 0.1) is 6.92 Å². The summed E-state index contributed by atoms with van der Waals surface area (Å²) in [5, 5.41) is 0. The summed E-state index contributed by atoms with van der Waals surface area (Å²) in [5.74, 6) is 1.29. The third-order valence-electron chi connectivity index (χ3n) is 2.50. The molecule has 3 nitrogen and oxygen atoms in total. The molecule has 1 aliphatic heterocycles. The summed E-state index contributed by atoms with van der Waals surface area (Å²) in [6.45, 7) is 4.32. The molecule has 0 fully saturated rings.